The maximum Gasteiger partial charge on any atom is 0.335 e. The third kappa shape index (κ3) is 2.86. The number of carboxylic acids is 1. The van der Waals surface area contributed by atoms with E-state index >= 15 is 0 Å². The number of aryl methyl sites for hydroxylation is 1. The summed E-state index contributed by atoms with van der Waals surface area (Å²) in [6.45, 7) is 2.04. The normalized spacial score (nSPS) is 9.47. The number of aromatic carboxylic acids is 1. The molecule has 17 heavy (non-hydrogen) atoms. The number of carbonyl (C=O) groups is 1. The van der Waals surface area contributed by atoms with E-state index in [-0.39, 0.29) is 12.4 Å². The van der Waals surface area contributed by atoms with Crippen LogP contribution in [0, 0.1) is 6.92 Å². The van der Waals surface area contributed by atoms with Gasteiger partial charge in [0.15, 0.2) is 0 Å². The second kappa shape index (κ2) is 5.51. The van der Waals surface area contributed by atoms with Gasteiger partial charge in [0.05, 0.1) is 5.56 Å². The first-order valence-corrected chi connectivity index (χ1v) is 5.08. The Hall–Kier alpha value is -1.80. The van der Waals surface area contributed by atoms with Crippen LogP contribution in [0.5, 0.6) is 0 Å². The van der Waals surface area contributed by atoms with Crippen molar-refractivity contribution in [3.05, 3.63) is 59.7 Å². The van der Waals surface area contributed by atoms with Crippen LogP contribution < -0.4 is 0 Å². The molecule has 0 saturated heterocycles. The summed E-state index contributed by atoms with van der Waals surface area (Å²) in [6.07, 6.45) is 0. The van der Waals surface area contributed by atoms with Crippen LogP contribution in [0.3, 0.4) is 0 Å². The Morgan fingerprint density at radius 2 is 1.59 bits per heavy atom. The quantitative estimate of drug-likeness (QED) is 0.878. The molecular weight excluding hydrogens is 236 g/mol. The molecule has 88 valence electrons. The molecule has 2 aromatic carbocycles. The second-order valence-electron chi connectivity index (χ2n) is 3.70. The van der Waals surface area contributed by atoms with Gasteiger partial charge in [-0.15, -0.1) is 12.4 Å². The largest absolute Gasteiger partial charge is 0.478 e. The van der Waals surface area contributed by atoms with Gasteiger partial charge in [0, 0.05) is 0 Å². The molecule has 0 aliphatic rings. The Morgan fingerprint density at radius 1 is 1.00 bits per heavy atom. The zero-order valence-electron chi connectivity index (χ0n) is 9.38. The van der Waals surface area contributed by atoms with Crippen LogP contribution in [0.1, 0.15) is 15.9 Å². The lowest BCUT2D eigenvalue weighted by atomic mass is 10.00. The molecule has 0 aliphatic heterocycles. The summed E-state index contributed by atoms with van der Waals surface area (Å²) < 4.78 is 0. The fraction of sp³-hybridized carbons (Fsp3) is 0.0714. The van der Waals surface area contributed by atoms with Crippen molar-refractivity contribution >= 4 is 18.4 Å². The summed E-state index contributed by atoms with van der Waals surface area (Å²) in [7, 11) is 0. The highest BCUT2D eigenvalue weighted by atomic mass is 35.5. The average Bonchev–Trinajstić information content (AvgIpc) is 2.30. The highest BCUT2D eigenvalue weighted by Crippen LogP contribution is 2.23. The van der Waals surface area contributed by atoms with Crippen LogP contribution in [0.15, 0.2) is 48.5 Å². The molecule has 0 spiro atoms. The number of hydrogen-bond donors (Lipinski definition) is 1. The summed E-state index contributed by atoms with van der Waals surface area (Å²) in [4.78, 5) is 10.7. The average molecular weight is 249 g/mol. The minimum atomic E-state index is -0.892. The Balaban J connectivity index is 0.00000144. The van der Waals surface area contributed by atoms with Gasteiger partial charge in [-0.3, -0.25) is 0 Å². The number of hydrogen-bond acceptors (Lipinski definition) is 1. The molecule has 0 fully saturated rings. The van der Waals surface area contributed by atoms with Crippen LogP contribution in [0.4, 0.5) is 0 Å². The van der Waals surface area contributed by atoms with Gasteiger partial charge in [-0.25, -0.2) is 4.79 Å². The highest BCUT2D eigenvalue weighted by Gasteiger charge is 2.04. The molecule has 0 atom stereocenters. The van der Waals surface area contributed by atoms with Gasteiger partial charge in [0.1, 0.15) is 0 Å². The summed E-state index contributed by atoms with van der Waals surface area (Å²) in [6, 6.07) is 15.0. The van der Waals surface area contributed by atoms with E-state index < -0.39 is 5.97 Å². The second-order valence-corrected chi connectivity index (χ2v) is 3.70. The van der Waals surface area contributed by atoms with E-state index in [1.807, 2.05) is 43.3 Å². The van der Waals surface area contributed by atoms with Crippen molar-refractivity contribution < 1.29 is 9.90 Å². The van der Waals surface area contributed by atoms with Crippen molar-refractivity contribution in [2.45, 2.75) is 6.92 Å². The molecule has 2 nitrogen and oxygen atoms in total. The van der Waals surface area contributed by atoms with Gasteiger partial charge in [-0.2, -0.15) is 0 Å². The van der Waals surface area contributed by atoms with Crippen LogP contribution in [-0.4, -0.2) is 11.1 Å². The van der Waals surface area contributed by atoms with E-state index in [9.17, 15) is 4.79 Å². The summed E-state index contributed by atoms with van der Waals surface area (Å²) in [5.74, 6) is -0.892. The van der Waals surface area contributed by atoms with E-state index in [0.717, 1.165) is 11.1 Å². The van der Waals surface area contributed by atoms with E-state index in [1.165, 1.54) is 5.56 Å². The minimum absolute atomic E-state index is 0. The molecule has 0 heterocycles. The molecule has 0 aliphatic carbocycles. The third-order valence-electron chi connectivity index (χ3n) is 2.59. The van der Waals surface area contributed by atoms with Gasteiger partial charge in [-0.05, 0) is 35.7 Å². The molecule has 0 bridgehead atoms. The van der Waals surface area contributed by atoms with E-state index in [4.69, 9.17) is 5.11 Å². The van der Waals surface area contributed by atoms with E-state index in [1.54, 1.807) is 12.1 Å². The predicted octanol–water partition coefficient (Wildman–Crippen LogP) is 3.78. The highest BCUT2D eigenvalue weighted by molar-refractivity contribution is 5.88. The lowest BCUT2D eigenvalue weighted by molar-refractivity contribution is 0.0697. The summed E-state index contributed by atoms with van der Waals surface area (Å²) in [5.41, 5.74) is 3.69. The van der Waals surface area contributed by atoms with Gasteiger partial charge >= 0.3 is 5.97 Å². The van der Waals surface area contributed by atoms with Crippen LogP contribution in [0.25, 0.3) is 11.1 Å². The van der Waals surface area contributed by atoms with Gasteiger partial charge < -0.3 is 5.11 Å². The van der Waals surface area contributed by atoms with Crippen molar-refractivity contribution in [1.82, 2.24) is 0 Å². The maximum atomic E-state index is 10.7. The molecule has 3 heteroatoms. The van der Waals surface area contributed by atoms with Crippen LogP contribution in [0.2, 0.25) is 0 Å². The van der Waals surface area contributed by atoms with Crippen molar-refractivity contribution in [2.24, 2.45) is 0 Å². The van der Waals surface area contributed by atoms with Gasteiger partial charge in [0.25, 0.3) is 0 Å². The molecule has 0 amide bonds. The van der Waals surface area contributed by atoms with Crippen molar-refractivity contribution in [3.8, 4) is 11.1 Å². The molecule has 2 rings (SSSR count). The Labute approximate surface area is 106 Å². The first-order chi connectivity index (χ1) is 7.68. The molecule has 0 unspecified atom stereocenters. The van der Waals surface area contributed by atoms with Crippen molar-refractivity contribution in [1.29, 1.82) is 0 Å². The topological polar surface area (TPSA) is 37.3 Å². The minimum Gasteiger partial charge on any atom is -0.478 e. The zero-order chi connectivity index (χ0) is 11.5. The molecule has 2 aromatic rings. The fourth-order valence-corrected chi connectivity index (χ4v) is 1.69. The smallest absolute Gasteiger partial charge is 0.335 e. The first kappa shape index (κ1) is 13.3. The monoisotopic (exact) mass is 248 g/mol. The van der Waals surface area contributed by atoms with E-state index in [2.05, 4.69) is 0 Å². The predicted molar refractivity (Wildman–Crippen MR) is 70.8 cm³/mol. The maximum absolute atomic E-state index is 10.7. The SMILES string of the molecule is Cc1ccccc1-c1ccc(C(=O)O)cc1.Cl. The molecule has 0 radical (unpaired) electrons. The third-order valence-corrected chi connectivity index (χ3v) is 2.59. The van der Waals surface area contributed by atoms with Gasteiger partial charge in [-0.1, -0.05) is 36.4 Å². The van der Waals surface area contributed by atoms with Crippen LogP contribution >= 0.6 is 12.4 Å². The molecular formula is C14H13ClO2. The van der Waals surface area contributed by atoms with Crippen molar-refractivity contribution in [3.63, 3.8) is 0 Å². The Kier molecular flexibility index (Phi) is 4.30. The van der Waals surface area contributed by atoms with Crippen LogP contribution in [-0.2, 0) is 0 Å². The molecule has 1 N–H and O–H groups in total. The Morgan fingerprint density at radius 3 is 2.12 bits per heavy atom. The number of halogens is 1. The summed E-state index contributed by atoms with van der Waals surface area (Å²) in [5, 5.41) is 8.80. The Bertz CT molecular complexity index is 518. The fourth-order valence-electron chi connectivity index (χ4n) is 1.69. The van der Waals surface area contributed by atoms with Crippen molar-refractivity contribution in [2.75, 3.05) is 0 Å². The van der Waals surface area contributed by atoms with E-state index in [0.29, 0.717) is 5.56 Å². The lowest BCUT2D eigenvalue weighted by Crippen LogP contribution is -1.95. The number of benzene rings is 2. The first-order valence-electron chi connectivity index (χ1n) is 5.08. The summed E-state index contributed by atoms with van der Waals surface area (Å²) >= 11 is 0. The zero-order valence-corrected chi connectivity index (χ0v) is 10.2. The number of rotatable bonds is 2. The molecule has 0 saturated carbocycles. The number of carboxylic acid groups (broad SMARTS) is 1. The lowest BCUT2D eigenvalue weighted by Gasteiger charge is -2.05. The van der Waals surface area contributed by atoms with Gasteiger partial charge in [0.2, 0.25) is 0 Å². The standard InChI is InChI=1S/C14H12O2.ClH/c1-10-4-2-3-5-13(10)11-6-8-12(9-7-11)14(15)16;/h2-9H,1H3,(H,15,16);1H. The molecule has 0 aromatic heterocycles.